The molecule has 0 unspecified atom stereocenters. The number of benzene rings is 1. The van der Waals surface area contributed by atoms with Crippen molar-refractivity contribution in [3.05, 3.63) is 75.2 Å². The number of pyridine rings is 2. The van der Waals surface area contributed by atoms with Gasteiger partial charge in [-0.15, -0.1) is 4.95 Å². The number of fused-ring (bicyclic) bond motifs is 1. The molecular weight excluding hydrogens is 455 g/mol. The summed E-state index contributed by atoms with van der Waals surface area (Å²) in [6.45, 7) is 7.85. The molecule has 0 saturated carbocycles. The molecule has 4 rings (SSSR count). The van der Waals surface area contributed by atoms with Gasteiger partial charge in [0.05, 0.1) is 11.1 Å². The predicted octanol–water partition coefficient (Wildman–Crippen LogP) is 1.77. The highest BCUT2D eigenvalue weighted by Gasteiger charge is 2.25. The molecule has 0 spiro atoms. The Bertz CT molecular complexity index is 1440. The van der Waals surface area contributed by atoms with Gasteiger partial charge in [0.2, 0.25) is 5.43 Å². The molecule has 3 heterocycles. The summed E-state index contributed by atoms with van der Waals surface area (Å²) in [6.07, 6.45) is 0.872. The van der Waals surface area contributed by atoms with E-state index in [0.29, 0.717) is 19.2 Å². The van der Waals surface area contributed by atoms with Crippen LogP contribution in [-0.2, 0) is 0 Å². The van der Waals surface area contributed by atoms with Crippen LogP contribution < -0.4 is 16.1 Å². The summed E-state index contributed by atoms with van der Waals surface area (Å²) in [5.41, 5.74) is 3.52. The van der Waals surface area contributed by atoms with Gasteiger partial charge in [0, 0.05) is 38.4 Å². The maximum Gasteiger partial charge on any atom is 0.341 e. The van der Waals surface area contributed by atoms with Crippen LogP contribution in [0.3, 0.4) is 0 Å². The van der Waals surface area contributed by atoms with Gasteiger partial charge in [0.1, 0.15) is 22.3 Å². The van der Waals surface area contributed by atoms with Crippen molar-refractivity contribution in [2.24, 2.45) is 10.8 Å². The molecule has 0 radical (unpaired) electrons. The number of nitrogens with two attached hydrogens (primary N) is 1. The fourth-order valence-electron chi connectivity index (χ4n) is 3.71. The molecule has 0 aliphatic carbocycles. The molecule has 2 aromatic heterocycles. The van der Waals surface area contributed by atoms with Gasteiger partial charge in [0.15, 0.2) is 17.3 Å². The summed E-state index contributed by atoms with van der Waals surface area (Å²) in [5, 5.41) is 12.5. The summed E-state index contributed by atoms with van der Waals surface area (Å²) < 4.78 is 44.0. The van der Waals surface area contributed by atoms with Crippen molar-refractivity contribution in [3.8, 4) is 5.69 Å². The molecule has 3 aromatic rings. The van der Waals surface area contributed by atoms with Crippen molar-refractivity contribution in [2.45, 2.75) is 0 Å². The van der Waals surface area contributed by atoms with E-state index < -0.39 is 34.4 Å². The summed E-state index contributed by atoms with van der Waals surface area (Å²) in [6, 6.07) is 3.47. The maximum atomic E-state index is 15.0. The van der Waals surface area contributed by atoms with Gasteiger partial charge in [-0.05, 0) is 18.2 Å². The van der Waals surface area contributed by atoms with Crippen LogP contribution in [0.5, 0.6) is 0 Å². The molecule has 0 atom stereocenters. The zero-order valence-electron chi connectivity index (χ0n) is 17.4. The first kappa shape index (κ1) is 22.6. The smallest absolute Gasteiger partial charge is 0.341 e. The number of hydrogen-bond donors (Lipinski definition) is 2. The Morgan fingerprint density at radius 1 is 1.15 bits per heavy atom. The van der Waals surface area contributed by atoms with Crippen LogP contribution in [0, 0.1) is 24.0 Å². The van der Waals surface area contributed by atoms with Crippen molar-refractivity contribution in [1.29, 1.82) is 0 Å². The van der Waals surface area contributed by atoms with E-state index in [0.717, 1.165) is 29.0 Å². The first-order valence-electron chi connectivity index (χ1n) is 9.85. The Morgan fingerprint density at radius 3 is 2.47 bits per heavy atom. The Labute approximate surface area is 189 Å². The average molecular weight is 471 g/mol. The summed E-state index contributed by atoms with van der Waals surface area (Å²) in [7, 11) is 0. The van der Waals surface area contributed by atoms with Gasteiger partial charge in [0.25, 0.3) is 5.96 Å². The van der Waals surface area contributed by atoms with Crippen molar-refractivity contribution >= 4 is 28.8 Å². The molecule has 1 saturated heterocycles. The third kappa shape index (κ3) is 3.96. The van der Waals surface area contributed by atoms with E-state index in [1.807, 2.05) is 0 Å². The van der Waals surface area contributed by atoms with Gasteiger partial charge in [-0.1, -0.05) is 0 Å². The number of rotatable bonds is 3. The topological polar surface area (TPSA) is 121 Å². The maximum absolute atomic E-state index is 15.0. The van der Waals surface area contributed by atoms with Gasteiger partial charge in [-0.3, -0.25) is 9.36 Å². The molecule has 1 fully saturated rings. The van der Waals surface area contributed by atoms with Crippen LogP contribution in [-0.4, -0.2) is 57.7 Å². The number of aromatic nitrogens is 2. The quantitative estimate of drug-likeness (QED) is 0.258. The fourth-order valence-corrected chi connectivity index (χ4v) is 3.71. The third-order valence-corrected chi connectivity index (χ3v) is 5.37. The minimum absolute atomic E-state index is 0.0309. The summed E-state index contributed by atoms with van der Waals surface area (Å²) >= 11 is 0. The second-order valence-electron chi connectivity index (χ2n) is 7.34. The van der Waals surface area contributed by atoms with Crippen LogP contribution >= 0.6 is 0 Å². The van der Waals surface area contributed by atoms with Crippen LogP contribution in [0.15, 0.2) is 40.4 Å². The lowest BCUT2D eigenvalue weighted by Crippen LogP contribution is -2.51. The molecule has 0 amide bonds. The van der Waals surface area contributed by atoms with E-state index in [1.165, 1.54) is 0 Å². The normalized spacial score (nSPS) is 14.4. The number of anilines is 1. The van der Waals surface area contributed by atoms with Crippen LogP contribution in [0.4, 0.5) is 19.0 Å². The molecule has 1 aliphatic heterocycles. The first-order chi connectivity index (χ1) is 16.2. The Morgan fingerprint density at radius 2 is 1.85 bits per heavy atom. The zero-order valence-corrected chi connectivity index (χ0v) is 17.4. The number of guanidine groups is 1. The molecule has 34 heavy (non-hydrogen) atoms. The average Bonchev–Trinajstić information content (AvgIpc) is 2.80. The van der Waals surface area contributed by atoms with Gasteiger partial charge < -0.3 is 20.6 Å². The number of hydrogen-bond acceptors (Lipinski definition) is 5. The number of halogens is 3. The lowest BCUT2D eigenvalue weighted by molar-refractivity contribution is 0.0695. The standard InChI is InChI=1S/C21H16F3N7O3/c1-26-28-21(25)30-6-4-29(5-7-30)19-15(24)9-12-17(32)13(20(33)34)10-31(18(12)27-19)16-3-2-11(22)8-14(16)23/h2-3,8-10H,4-7H2,(H2,25,28)(H,33,34). The third-order valence-electron chi connectivity index (χ3n) is 5.37. The zero-order chi connectivity index (χ0) is 24.6. The van der Waals surface area contributed by atoms with Gasteiger partial charge >= 0.3 is 5.97 Å². The van der Waals surface area contributed by atoms with Crippen molar-refractivity contribution in [3.63, 3.8) is 0 Å². The second-order valence-corrected chi connectivity index (χ2v) is 7.34. The van der Waals surface area contributed by atoms with Gasteiger partial charge in [-0.2, -0.15) is 6.57 Å². The first-order valence-corrected chi connectivity index (χ1v) is 9.85. The van der Waals surface area contributed by atoms with E-state index in [1.54, 1.807) is 9.80 Å². The number of carboxylic acids is 1. The highest BCUT2D eigenvalue weighted by Crippen LogP contribution is 2.25. The number of piperazine rings is 1. The number of carboxylic acid groups (broad SMARTS) is 1. The fraction of sp³-hybridized carbons (Fsp3) is 0.190. The van der Waals surface area contributed by atoms with Crippen LogP contribution in [0.25, 0.3) is 21.7 Å². The van der Waals surface area contributed by atoms with E-state index in [4.69, 9.17) is 12.3 Å². The lowest BCUT2D eigenvalue weighted by atomic mass is 10.1. The highest BCUT2D eigenvalue weighted by atomic mass is 19.1. The van der Waals surface area contributed by atoms with Crippen molar-refractivity contribution < 1.29 is 23.1 Å². The monoisotopic (exact) mass is 471 g/mol. The number of aromatic carboxylic acids is 1. The largest absolute Gasteiger partial charge is 0.477 e. The van der Waals surface area contributed by atoms with E-state index in [9.17, 15) is 23.5 Å². The molecule has 13 heteroatoms. The SMILES string of the molecule is [C-]#[N+]N=C(N)N1CCN(c2nc3c(cc2F)c(=O)c(C(=O)O)cn3-c2ccc(F)cc2F)CC1. The molecule has 174 valence electrons. The Hall–Kier alpha value is -4.60. The van der Waals surface area contributed by atoms with E-state index in [-0.39, 0.29) is 41.6 Å². The molecule has 3 N–H and O–H groups in total. The number of nitrogens with zero attached hydrogens (tertiary/aromatic N) is 6. The van der Waals surface area contributed by atoms with Crippen LogP contribution in [0.2, 0.25) is 0 Å². The van der Waals surface area contributed by atoms with E-state index in [2.05, 4.69) is 15.0 Å². The van der Waals surface area contributed by atoms with Crippen LogP contribution in [0.1, 0.15) is 10.4 Å². The minimum Gasteiger partial charge on any atom is -0.477 e. The lowest BCUT2D eigenvalue weighted by Gasteiger charge is -2.35. The summed E-state index contributed by atoms with van der Waals surface area (Å²) in [5.74, 6) is -4.48. The minimum atomic E-state index is -1.59. The van der Waals surface area contributed by atoms with E-state index >= 15 is 4.39 Å². The molecular formula is C21H16F3N7O3. The molecule has 1 aromatic carbocycles. The Balaban J connectivity index is 1.86. The van der Waals surface area contributed by atoms with Gasteiger partial charge in [-0.25, -0.2) is 22.9 Å². The van der Waals surface area contributed by atoms with Crippen molar-refractivity contribution in [1.82, 2.24) is 14.5 Å². The Kier molecular flexibility index (Phi) is 5.80. The highest BCUT2D eigenvalue weighted by molar-refractivity contribution is 5.92. The van der Waals surface area contributed by atoms with Crippen molar-refractivity contribution in [2.75, 3.05) is 31.1 Å². The predicted molar refractivity (Wildman–Crippen MR) is 116 cm³/mol. The second kappa shape index (κ2) is 8.74. The molecule has 1 aliphatic rings. The molecule has 10 nitrogen and oxygen atoms in total. The number of carbonyl (C=O) groups is 1. The summed E-state index contributed by atoms with van der Waals surface area (Å²) in [4.78, 5) is 34.6. The molecule has 0 bridgehead atoms.